The summed E-state index contributed by atoms with van der Waals surface area (Å²) in [5, 5.41) is 2.47. The molecule has 0 saturated heterocycles. The first-order valence-electron chi connectivity index (χ1n) is 8.82. The standard InChI is InChI=1S/C17H31NO4/c1-2-21-16(19)14-18-17(20)22-15-12-10-8-6-4-3-5-7-9-11-13-15/h15H,2-14H2,1H3,(H,18,20). The van der Waals surface area contributed by atoms with Gasteiger partial charge in [-0.2, -0.15) is 0 Å². The lowest BCUT2D eigenvalue weighted by atomic mass is 9.99. The molecule has 0 unspecified atom stereocenters. The van der Waals surface area contributed by atoms with Gasteiger partial charge in [-0.3, -0.25) is 4.79 Å². The highest BCUT2D eigenvalue weighted by atomic mass is 16.6. The van der Waals surface area contributed by atoms with Crippen molar-refractivity contribution in [3.63, 3.8) is 0 Å². The maximum absolute atomic E-state index is 11.8. The number of amides is 1. The van der Waals surface area contributed by atoms with Crippen LogP contribution in [0.4, 0.5) is 4.79 Å². The highest BCUT2D eigenvalue weighted by Crippen LogP contribution is 2.18. The van der Waals surface area contributed by atoms with Crippen LogP contribution in [0, 0.1) is 0 Å². The predicted molar refractivity (Wildman–Crippen MR) is 85.7 cm³/mol. The van der Waals surface area contributed by atoms with Gasteiger partial charge in [0.1, 0.15) is 12.6 Å². The van der Waals surface area contributed by atoms with Gasteiger partial charge in [0.05, 0.1) is 6.61 Å². The summed E-state index contributed by atoms with van der Waals surface area (Å²) in [6.45, 7) is 1.93. The SMILES string of the molecule is CCOC(=O)CNC(=O)OC1CCCCCCCCCCC1. The third-order valence-electron chi connectivity index (χ3n) is 4.01. The van der Waals surface area contributed by atoms with Crippen LogP contribution in [0.25, 0.3) is 0 Å². The minimum atomic E-state index is -0.509. The smallest absolute Gasteiger partial charge is 0.407 e. The van der Waals surface area contributed by atoms with Gasteiger partial charge in [0.2, 0.25) is 0 Å². The molecule has 0 atom stereocenters. The first-order chi connectivity index (χ1) is 10.7. The van der Waals surface area contributed by atoms with E-state index >= 15 is 0 Å². The van der Waals surface area contributed by atoms with Crippen molar-refractivity contribution in [1.29, 1.82) is 0 Å². The molecule has 0 aromatic heterocycles. The summed E-state index contributed by atoms with van der Waals surface area (Å²) in [6.07, 6.45) is 12.5. The lowest BCUT2D eigenvalue weighted by Gasteiger charge is -2.19. The van der Waals surface area contributed by atoms with Crippen LogP contribution >= 0.6 is 0 Å². The number of nitrogens with one attached hydrogen (secondary N) is 1. The number of esters is 1. The third kappa shape index (κ3) is 9.64. The lowest BCUT2D eigenvalue weighted by Crippen LogP contribution is -2.33. The van der Waals surface area contributed by atoms with Gasteiger partial charge >= 0.3 is 12.1 Å². The molecule has 1 amide bonds. The number of rotatable bonds is 4. The number of hydrogen-bond donors (Lipinski definition) is 1. The molecule has 0 aliphatic heterocycles. The van der Waals surface area contributed by atoms with Crippen molar-refractivity contribution < 1.29 is 19.1 Å². The van der Waals surface area contributed by atoms with Crippen LogP contribution in [0.5, 0.6) is 0 Å². The van der Waals surface area contributed by atoms with Gasteiger partial charge < -0.3 is 14.8 Å². The Morgan fingerprint density at radius 3 is 1.91 bits per heavy atom. The normalized spacial score (nSPS) is 18.6. The molecule has 22 heavy (non-hydrogen) atoms. The summed E-state index contributed by atoms with van der Waals surface area (Å²) < 4.78 is 10.2. The Balaban J connectivity index is 2.28. The van der Waals surface area contributed by atoms with Crippen molar-refractivity contribution in [1.82, 2.24) is 5.32 Å². The van der Waals surface area contributed by atoms with Crippen molar-refractivity contribution in [2.24, 2.45) is 0 Å². The van der Waals surface area contributed by atoms with E-state index in [1.807, 2.05) is 0 Å². The highest BCUT2D eigenvalue weighted by molar-refractivity contribution is 5.77. The van der Waals surface area contributed by atoms with Crippen molar-refractivity contribution in [2.45, 2.75) is 83.7 Å². The zero-order valence-corrected chi connectivity index (χ0v) is 13.9. The number of hydrogen-bond acceptors (Lipinski definition) is 4. The molecule has 1 saturated carbocycles. The number of ether oxygens (including phenoxy) is 2. The van der Waals surface area contributed by atoms with E-state index in [2.05, 4.69) is 5.32 Å². The second-order valence-electron chi connectivity index (χ2n) is 5.95. The second-order valence-corrected chi connectivity index (χ2v) is 5.95. The maximum Gasteiger partial charge on any atom is 0.407 e. The fourth-order valence-electron chi connectivity index (χ4n) is 2.79. The van der Waals surface area contributed by atoms with E-state index in [4.69, 9.17) is 9.47 Å². The van der Waals surface area contributed by atoms with Gasteiger partial charge in [-0.25, -0.2) is 4.79 Å². The molecular weight excluding hydrogens is 282 g/mol. The second kappa shape index (κ2) is 12.3. The summed E-state index contributed by atoms with van der Waals surface area (Å²) >= 11 is 0. The van der Waals surface area contributed by atoms with E-state index in [1.54, 1.807) is 6.92 Å². The van der Waals surface area contributed by atoms with Crippen molar-refractivity contribution in [3.05, 3.63) is 0 Å². The lowest BCUT2D eigenvalue weighted by molar-refractivity contribution is -0.141. The summed E-state index contributed by atoms with van der Waals surface area (Å²) in [7, 11) is 0. The molecular formula is C17H31NO4. The van der Waals surface area contributed by atoms with Crippen LogP contribution in [0.15, 0.2) is 0 Å². The Hall–Kier alpha value is -1.26. The Morgan fingerprint density at radius 1 is 0.909 bits per heavy atom. The molecule has 1 aliphatic rings. The molecule has 0 bridgehead atoms. The summed E-state index contributed by atoms with van der Waals surface area (Å²) in [5.74, 6) is -0.432. The molecule has 0 aromatic rings. The van der Waals surface area contributed by atoms with Gasteiger partial charge in [-0.05, 0) is 32.6 Å². The molecule has 1 aliphatic carbocycles. The zero-order chi connectivity index (χ0) is 16.0. The quantitative estimate of drug-likeness (QED) is 0.798. The average Bonchev–Trinajstić information content (AvgIpc) is 2.48. The van der Waals surface area contributed by atoms with Crippen LogP contribution in [0.1, 0.15) is 77.6 Å². The molecule has 1 fully saturated rings. The molecule has 5 heteroatoms. The van der Waals surface area contributed by atoms with Crippen molar-refractivity contribution >= 4 is 12.1 Å². The van der Waals surface area contributed by atoms with Crippen LogP contribution in [-0.2, 0) is 14.3 Å². The fourth-order valence-corrected chi connectivity index (χ4v) is 2.79. The minimum absolute atomic E-state index is 0.0263. The van der Waals surface area contributed by atoms with Gasteiger partial charge in [0.15, 0.2) is 0 Å². The topological polar surface area (TPSA) is 64.6 Å². The molecule has 5 nitrogen and oxygen atoms in total. The minimum Gasteiger partial charge on any atom is -0.465 e. The summed E-state index contributed by atoms with van der Waals surface area (Å²) in [5.41, 5.74) is 0. The van der Waals surface area contributed by atoms with Crippen LogP contribution in [-0.4, -0.2) is 31.3 Å². The molecule has 128 valence electrons. The zero-order valence-electron chi connectivity index (χ0n) is 13.9. The molecule has 1 N–H and O–H groups in total. The molecule has 0 aromatic carbocycles. The Kier molecular flexibility index (Phi) is 10.5. The molecule has 0 radical (unpaired) electrons. The number of carbonyl (C=O) groups is 2. The van der Waals surface area contributed by atoms with Crippen molar-refractivity contribution in [3.8, 4) is 0 Å². The monoisotopic (exact) mass is 313 g/mol. The van der Waals surface area contributed by atoms with E-state index in [1.165, 1.54) is 44.9 Å². The third-order valence-corrected chi connectivity index (χ3v) is 4.01. The van der Waals surface area contributed by atoms with E-state index in [-0.39, 0.29) is 12.6 Å². The van der Waals surface area contributed by atoms with E-state index in [0.717, 1.165) is 25.7 Å². The van der Waals surface area contributed by atoms with Crippen LogP contribution in [0.2, 0.25) is 0 Å². The summed E-state index contributed by atoms with van der Waals surface area (Å²) in [6, 6.07) is 0. The number of carbonyl (C=O) groups excluding carboxylic acids is 2. The average molecular weight is 313 g/mol. The Morgan fingerprint density at radius 2 is 1.41 bits per heavy atom. The first kappa shape index (κ1) is 18.8. The van der Waals surface area contributed by atoms with E-state index in [9.17, 15) is 9.59 Å². The largest absolute Gasteiger partial charge is 0.465 e. The number of alkyl carbamates (subject to hydrolysis) is 1. The van der Waals surface area contributed by atoms with Gasteiger partial charge in [-0.1, -0.05) is 44.9 Å². The first-order valence-corrected chi connectivity index (χ1v) is 8.82. The van der Waals surface area contributed by atoms with E-state index in [0.29, 0.717) is 6.61 Å². The van der Waals surface area contributed by atoms with Gasteiger partial charge in [0.25, 0.3) is 0 Å². The Labute approximate surface area is 134 Å². The summed E-state index contributed by atoms with van der Waals surface area (Å²) in [4.78, 5) is 23.0. The van der Waals surface area contributed by atoms with Gasteiger partial charge in [0, 0.05) is 0 Å². The van der Waals surface area contributed by atoms with Gasteiger partial charge in [-0.15, -0.1) is 0 Å². The fraction of sp³-hybridized carbons (Fsp3) is 0.882. The maximum atomic E-state index is 11.8. The van der Waals surface area contributed by atoms with Crippen molar-refractivity contribution in [2.75, 3.05) is 13.2 Å². The Bertz CT molecular complexity index is 308. The predicted octanol–water partition coefficient (Wildman–Crippen LogP) is 3.95. The van der Waals surface area contributed by atoms with Crippen LogP contribution < -0.4 is 5.32 Å². The van der Waals surface area contributed by atoms with Crippen LogP contribution in [0.3, 0.4) is 0 Å². The molecule has 0 heterocycles. The molecule has 1 rings (SSSR count). The highest BCUT2D eigenvalue weighted by Gasteiger charge is 2.15. The van der Waals surface area contributed by atoms with E-state index < -0.39 is 12.1 Å². The molecule has 0 spiro atoms.